The molecule has 1 aromatic carbocycles. The highest BCUT2D eigenvalue weighted by molar-refractivity contribution is 7.10. The summed E-state index contributed by atoms with van der Waals surface area (Å²) in [5.41, 5.74) is 4.54. The Morgan fingerprint density at radius 1 is 1.18 bits per heavy atom. The summed E-state index contributed by atoms with van der Waals surface area (Å²) in [4.78, 5) is 27.1. The van der Waals surface area contributed by atoms with Gasteiger partial charge in [-0.05, 0) is 68.0 Å². The van der Waals surface area contributed by atoms with Crippen LogP contribution >= 0.6 is 11.3 Å². The maximum absolute atomic E-state index is 13.2. The van der Waals surface area contributed by atoms with E-state index in [1.807, 2.05) is 25.3 Å². The van der Waals surface area contributed by atoms with Gasteiger partial charge >= 0.3 is 0 Å². The zero-order valence-electron chi connectivity index (χ0n) is 15.8. The molecule has 6 heteroatoms. The molecule has 0 spiro atoms. The number of nitrogens with one attached hydrogen (secondary N) is 2. The SMILES string of the molecule is CC1=C(C(=O)Nc2ccc(F)cc2)C(c2sccc2C)C2=C(CCCC2=O)N1. The number of anilines is 1. The molecular formula is C22H21FN2O2S. The smallest absolute Gasteiger partial charge is 0.254 e. The van der Waals surface area contributed by atoms with Crippen LogP contribution in [0.3, 0.4) is 0 Å². The van der Waals surface area contributed by atoms with Crippen molar-refractivity contribution in [3.63, 3.8) is 0 Å². The molecular weight excluding hydrogens is 375 g/mol. The summed E-state index contributed by atoms with van der Waals surface area (Å²) in [7, 11) is 0. The summed E-state index contributed by atoms with van der Waals surface area (Å²) in [6.07, 6.45) is 2.14. The minimum absolute atomic E-state index is 0.103. The highest BCUT2D eigenvalue weighted by atomic mass is 32.1. The number of Topliss-reactive ketones (excluding diaryl/α,β-unsaturated/α-hetero) is 1. The average Bonchev–Trinajstić information content (AvgIpc) is 3.08. The molecule has 1 aromatic heterocycles. The first-order valence-electron chi connectivity index (χ1n) is 9.30. The van der Waals surface area contributed by atoms with Crippen LogP contribution in [0.5, 0.6) is 0 Å². The van der Waals surface area contributed by atoms with Gasteiger partial charge in [-0.15, -0.1) is 11.3 Å². The van der Waals surface area contributed by atoms with Gasteiger partial charge in [0.25, 0.3) is 5.91 Å². The van der Waals surface area contributed by atoms with E-state index >= 15 is 0 Å². The van der Waals surface area contributed by atoms with Crippen LogP contribution in [0, 0.1) is 12.7 Å². The molecule has 0 bridgehead atoms. The molecule has 0 saturated carbocycles. The highest BCUT2D eigenvalue weighted by Gasteiger charge is 2.39. The Labute approximate surface area is 167 Å². The molecule has 2 aromatic rings. The van der Waals surface area contributed by atoms with Gasteiger partial charge in [0, 0.05) is 39.5 Å². The monoisotopic (exact) mass is 396 g/mol. The van der Waals surface area contributed by atoms with Crippen molar-refractivity contribution in [3.05, 3.63) is 74.5 Å². The van der Waals surface area contributed by atoms with Gasteiger partial charge in [-0.1, -0.05) is 0 Å². The molecule has 2 heterocycles. The standard InChI is InChI=1S/C22H21FN2O2S/c1-12-10-11-28-21(12)20-18(22(27)25-15-8-6-14(23)7-9-15)13(2)24-16-4-3-5-17(26)19(16)20/h6-11,20,24H,3-5H2,1-2H3,(H,25,27). The minimum Gasteiger partial charge on any atom is -0.362 e. The molecule has 28 heavy (non-hydrogen) atoms. The normalized spacial score (nSPS) is 19.4. The first-order valence-corrected chi connectivity index (χ1v) is 10.2. The number of aryl methyl sites for hydroxylation is 1. The summed E-state index contributed by atoms with van der Waals surface area (Å²) >= 11 is 1.57. The summed E-state index contributed by atoms with van der Waals surface area (Å²) in [6, 6.07) is 7.69. The van der Waals surface area contributed by atoms with E-state index in [-0.39, 0.29) is 23.4 Å². The molecule has 1 aliphatic heterocycles. The number of carbonyl (C=O) groups is 2. The molecule has 1 amide bonds. The van der Waals surface area contributed by atoms with Crippen molar-refractivity contribution in [2.45, 2.75) is 39.0 Å². The minimum atomic E-state index is -0.371. The van der Waals surface area contributed by atoms with E-state index in [2.05, 4.69) is 10.6 Å². The molecule has 1 unspecified atom stereocenters. The number of benzene rings is 1. The van der Waals surface area contributed by atoms with E-state index in [1.165, 1.54) is 24.3 Å². The van der Waals surface area contributed by atoms with E-state index in [4.69, 9.17) is 0 Å². The summed E-state index contributed by atoms with van der Waals surface area (Å²) in [5.74, 6) is -0.905. The Hall–Kier alpha value is -2.73. The van der Waals surface area contributed by atoms with Crippen LogP contribution in [0.15, 0.2) is 58.3 Å². The van der Waals surface area contributed by atoms with Gasteiger partial charge in [-0.25, -0.2) is 4.39 Å². The molecule has 2 aliphatic rings. The fourth-order valence-corrected chi connectivity index (χ4v) is 5.00. The molecule has 144 valence electrons. The molecule has 0 saturated heterocycles. The van der Waals surface area contributed by atoms with E-state index in [0.717, 1.165) is 34.7 Å². The lowest BCUT2D eigenvalue weighted by Gasteiger charge is -2.34. The fourth-order valence-electron chi connectivity index (χ4n) is 3.96. The summed E-state index contributed by atoms with van der Waals surface area (Å²) in [6.45, 7) is 3.88. The number of amides is 1. The first-order chi connectivity index (χ1) is 13.5. The number of ketones is 1. The highest BCUT2D eigenvalue weighted by Crippen LogP contribution is 2.45. The number of hydrogen-bond donors (Lipinski definition) is 2. The van der Waals surface area contributed by atoms with E-state index in [9.17, 15) is 14.0 Å². The van der Waals surface area contributed by atoms with Crippen LogP contribution in [0.4, 0.5) is 10.1 Å². The van der Waals surface area contributed by atoms with Gasteiger partial charge in [0.1, 0.15) is 5.82 Å². The lowest BCUT2D eigenvalue weighted by molar-refractivity contribution is -0.116. The van der Waals surface area contributed by atoms with Crippen molar-refractivity contribution >= 4 is 28.7 Å². The number of thiophene rings is 1. The van der Waals surface area contributed by atoms with Crippen molar-refractivity contribution in [1.29, 1.82) is 0 Å². The van der Waals surface area contributed by atoms with Crippen molar-refractivity contribution < 1.29 is 14.0 Å². The lowest BCUT2D eigenvalue weighted by Crippen LogP contribution is -2.35. The van der Waals surface area contributed by atoms with Crippen LogP contribution in [-0.2, 0) is 9.59 Å². The Balaban J connectivity index is 1.77. The maximum atomic E-state index is 13.2. The van der Waals surface area contributed by atoms with Crippen LogP contribution in [-0.4, -0.2) is 11.7 Å². The number of halogens is 1. The second-order valence-electron chi connectivity index (χ2n) is 7.19. The number of rotatable bonds is 3. The topological polar surface area (TPSA) is 58.2 Å². The lowest BCUT2D eigenvalue weighted by atomic mass is 9.77. The predicted octanol–water partition coefficient (Wildman–Crippen LogP) is 4.80. The van der Waals surface area contributed by atoms with Crippen molar-refractivity contribution in [2.24, 2.45) is 0 Å². The van der Waals surface area contributed by atoms with Gasteiger partial charge in [0.15, 0.2) is 5.78 Å². The Morgan fingerprint density at radius 2 is 1.93 bits per heavy atom. The van der Waals surface area contributed by atoms with Crippen LogP contribution in [0.1, 0.15) is 42.5 Å². The van der Waals surface area contributed by atoms with Crippen molar-refractivity contribution in [2.75, 3.05) is 5.32 Å². The molecule has 4 nitrogen and oxygen atoms in total. The van der Waals surface area contributed by atoms with Gasteiger partial charge in [-0.2, -0.15) is 0 Å². The number of allylic oxidation sites excluding steroid dienone is 3. The van der Waals surface area contributed by atoms with E-state index in [0.29, 0.717) is 23.3 Å². The van der Waals surface area contributed by atoms with E-state index in [1.54, 1.807) is 11.3 Å². The van der Waals surface area contributed by atoms with Gasteiger partial charge in [-0.3, -0.25) is 9.59 Å². The Kier molecular flexibility index (Phi) is 4.89. The summed E-state index contributed by atoms with van der Waals surface area (Å²) in [5, 5.41) is 8.16. The largest absolute Gasteiger partial charge is 0.362 e. The number of dihydropyridines is 1. The van der Waals surface area contributed by atoms with Crippen LogP contribution < -0.4 is 10.6 Å². The van der Waals surface area contributed by atoms with Gasteiger partial charge < -0.3 is 10.6 Å². The van der Waals surface area contributed by atoms with Crippen molar-refractivity contribution in [3.8, 4) is 0 Å². The first kappa shape index (κ1) is 18.6. The second kappa shape index (κ2) is 7.36. The molecule has 0 fully saturated rings. The average molecular weight is 396 g/mol. The number of carbonyl (C=O) groups excluding carboxylic acids is 2. The quantitative estimate of drug-likeness (QED) is 0.783. The summed E-state index contributed by atoms with van der Waals surface area (Å²) < 4.78 is 13.2. The third-order valence-electron chi connectivity index (χ3n) is 5.29. The zero-order chi connectivity index (χ0) is 19.8. The third-order valence-corrected chi connectivity index (χ3v) is 6.37. The van der Waals surface area contributed by atoms with Crippen LogP contribution in [0.2, 0.25) is 0 Å². The third kappa shape index (κ3) is 3.29. The van der Waals surface area contributed by atoms with Gasteiger partial charge in [0.05, 0.1) is 5.92 Å². The maximum Gasteiger partial charge on any atom is 0.254 e. The Morgan fingerprint density at radius 3 is 2.61 bits per heavy atom. The molecule has 2 N–H and O–H groups in total. The molecule has 1 aliphatic carbocycles. The molecule has 1 atom stereocenters. The van der Waals surface area contributed by atoms with Crippen LogP contribution in [0.25, 0.3) is 0 Å². The van der Waals surface area contributed by atoms with E-state index < -0.39 is 0 Å². The fraction of sp³-hybridized carbons (Fsp3) is 0.273. The molecule has 0 radical (unpaired) electrons. The Bertz CT molecular complexity index is 1020. The predicted molar refractivity (Wildman–Crippen MR) is 109 cm³/mol. The number of hydrogen-bond acceptors (Lipinski definition) is 4. The van der Waals surface area contributed by atoms with Crippen molar-refractivity contribution in [1.82, 2.24) is 5.32 Å². The molecule has 4 rings (SSSR count). The zero-order valence-corrected chi connectivity index (χ0v) is 16.6. The second-order valence-corrected chi connectivity index (χ2v) is 8.14. The van der Waals surface area contributed by atoms with Gasteiger partial charge in [0.2, 0.25) is 0 Å².